The van der Waals surface area contributed by atoms with E-state index in [0.29, 0.717) is 22.6 Å². The smallest absolute Gasteiger partial charge is 0.242 e. The average molecular weight is 337 g/mol. The molecule has 1 heterocycles. The molecular formula is C16H23N3O3S. The molecule has 23 heavy (non-hydrogen) atoms. The van der Waals surface area contributed by atoms with Gasteiger partial charge < -0.3 is 19.3 Å². The van der Waals surface area contributed by atoms with Crippen molar-refractivity contribution in [2.45, 2.75) is 11.3 Å². The summed E-state index contributed by atoms with van der Waals surface area (Å²) in [5.74, 6) is -0.221. The van der Waals surface area contributed by atoms with E-state index in [4.69, 9.17) is 4.55 Å². The number of hydrogen-bond acceptors (Lipinski definition) is 5. The highest BCUT2D eigenvalue weighted by atomic mass is 32.2. The molecule has 6 nitrogen and oxygen atoms in total. The van der Waals surface area contributed by atoms with Crippen molar-refractivity contribution in [1.82, 2.24) is 9.80 Å². The molecule has 0 unspecified atom stereocenters. The molecule has 1 aliphatic rings. The lowest BCUT2D eigenvalue weighted by atomic mass is 10.1. The molecule has 126 valence electrons. The zero-order chi connectivity index (χ0) is 17.0. The average Bonchev–Trinajstić information content (AvgIpc) is 2.98. The molecule has 0 aliphatic carbocycles. The third-order valence-corrected chi connectivity index (χ3v) is 4.54. The van der Waals surface area contributed by atoms with Crippen LogP contribution in [0.25, 0.3) is 0 Å². The van der Waals surface area contributed by atoms with Crippen LogP contribution >= 0.6 is 12.0 Å². The van der Waals surface area contributed by atoms with E-state index in [1.165, 1.54) is 4.90 Å². The standard InChI is InChI=1S/C16H23N3O3S/c1-17(2)15(20)11-19(13-4-6-14(23-22)7-5-13)16(21)12-8-9-18(3)10-12/h4-7,12,22H,8-11H2,1-3H3/t12-/m1/s1. The molecule has 0 aromatic heterocycles. The Labute approximate surface area is 141 Å². The van der Waals surface area contributed by atoms with Crippen LogP contribution in [-0.2, 0) is 9.59 Å². The number of likely N-dealkylation sites (tertiary alicyclic amines) is 1. The molecule has 2 rings (SSSR count). The highest BCUT2D eigenvalue weighted by Gasteiger charge is 2.31. The second-order valence-corrected chi connectivity index (χ2v) is 6.70. The van der Waals surface area contributed by atoms with Gasteiger partial charge in [0.05, 0.1) is 5.92 Å². The van der Waals surface area contributed by atoms with E-state index in [9.17, 15) is 9.59 Å². The summed E-state index contributed by atoms with van der Waals surface area (Å²) in [5, 5.41) is 0. The second-order valence-electron chi connectivity index (χ2n) is 6.05. The molecule has 1 aliphatic heterocycles. The van der Waals surface area contributed by atoms with Gasteiger partial charge in [0.2, 0.25) is 11.8 Å². The van der Waals surface area contributed by atoms with Crippen molar-refractivity contribution in [2.24, 2.45) is 5.92 Å². The van der Waals surface area contributed by atoms with E-state index in [-0.39, 0.29) is 24.3 Å². The molecule has 7 heteroatoms. The zero-order valence-electron chi connectivity index (χ0n) is 13.7. The Bertz CT molecular complexity index is 562. The van der Waals surface area contributed by atoms with Crippen molar-refractivity contribution < 1.29 is 14.1 Å². The van der Waals surface area contributed by atoms with Crippen LogP contribution in [0.15, 0.2) is 29.2 Å². The van der Waals surface area contributed by atoms with Crippen LogP contribution in [0.3, 0.4) is 0 Å². The lowest BCUT2D eigenvalue weighted by Crippen LogP contribution is -2.43. The maximum Gasteiger partial charge on any atom is 0.242 e. The summed E-state index contributed by atoms with van der Waals surface area (Å²) < 4.78 is 9.07. The number of benzene rings is 1. The summed E-state index contributed by atoms with van der Waals surface area (Å²) in [6.07, 6.45) is 0.812. The van der Waals surface area contributed by atoms with E-state index in [0.717, 1.165) is 19.5 Å². The molecule has 1 N–H and O–H groups in total. The number of anilines is 1. The summed E-state index contributed by atoms with van der Waals surface area (Å²) in [6.45, 7) is 1.64. The summed E-state index contributed by atoms with van der Waals surface area (Å²) in [7, 11) is 5.36. The summed E-state index contributed by atoms with van der Waals surface area (Å²) >= 11 is 0.657. The lowest BCUT2D eigenvalue weighted by molar-refractivity contribution is -0.130. The zero-order valence-corrected chi connectivity index (χ0v) is 14.5. The minimum absolute atomic E-state index is 0.0195. The molecular weight excluding hydrogens is 314 g/mol. The monoisotopic (exact) mass is 337 g/mol. The SMILES string of the molecule is CN1CC[C@@H](C(=O)N(CC(=O)N(C)C)c2ccc(SO)cc2)C1. The molecule has 0 radical (unpaired) electrons. The van der Waals surface area contributed by atoms with Gasteiger partial charge in [0.1, 0.15) is 6.54 Å². The number of carbonyl (C=O) groups is 2. The third-order valence-electron chi connectivity index (χ3n) is 4.05. The number of nitrogens with zero attached hydrogens (tertiary/aromatic N) is 3. The molecule has 0 saturated carbocycles. The lowest BCUT2D eigenvalue weighted by Gasteiger charge is -2.26. The fourth-order valence-corrected chi connectivity index (χ4v) is 2.87. The Kier molecular flexibility index (Phi) is 6.04. The third kappa shape index (κ3) is 4.46. The predicted octanol–water partition coefficient (Wildman–Crippen LogP) is 1.62. The van der Waals surface area contributed by atoms with Gasteiger partial charge in [-0.1, -0.05) is 0 Å². The van der Waals surface area contributed by atoms with E-state index >= 15 is 0 Å². The normalized spacial score (nSPS) is 18.0. The first-order valence-electron chi connectivity index (χ1n) is 7.54. The fourth-order valence-electron chi connectivity index (χ4n) is 2.62. The second kappa shape index (κ2) is 7.81. The van der Waals surface area contributed by atoms with Crippen molar-refractivity contribution in [3.63, 3.8) is 0 Å². The van der Waals surface area contributed by atoms with Gasteiger partial charge in [0.15, 0.2) is 0 Å². The van der Waals surface area contributed by atoms with Gasteiger partial charge in [0, 0.05) is 43.3 Å². The van der Waals surface area contributed by atoms with Crippen LogP contribution in [0.2, 0.25) is 0 Å². The number of rotatable bonds is 5. The van der Waals surface area contributed by atoms with Crippen molar-refractivity contribution in [2.75, 3.05) is 45.7 Å². The van der Waals surface area contributed by atoms with Crippen LogP contribution in [0.5, 0.6) is 0 Å². The Morgan fingerprint density at radius 1 is 1.30 bits per heavy atom. The number of hydrogen-bond donors (Lipinski definition) is 1. The molecule has 1 atom stereocenters. The maximum absolute atomic E-state index is 12.9. The molecule has 2 amide bonds. The largest absolute Gasteiger partial charge is 0.347 e. The highest BCUT2D eigenvalue weighted by molar-refractivity contribution is 7.93. The Balaban J connectivity index is 2.23. The first-order valence-corrected chi connectivity index (χ1v) is 8.31. The quantitative estimate of drug-likeness (QED) is 0.827. The summed E-state index contributed by atoms with van der Waals surface area (Å²) in [4.78, 5) is 30.8. The number of carbonyl (C=O) groups excluding carboxylic acids is 2. The van der Waals surface area contributed by atoms with E-state index in [2.05, 4.69) is 4.90 Å². The molecule has 0 spiro atoms. The van der Waals surface area contributed by atoms with Crippen molar-refractivity contribution in [3.05, 3.63) is 24.3 Å². The predicted molar refractivity (Wildman–Crippen MR) is 91.6 cm³/mol. The van der Waals surface area contributed by atoms with Gasteiger partial charge in [-0.2, -0.15) is 0 Å². The molecule has 1 saturated heterocycles. The topological polar surface area (TPSA) is 64.1 Å². The van der Waals surface area contributed by atoms with Gasteiger partial charge >= 0.3 is 0 Å². The summed E-state index contributed by atoms with van der Waals surface area (Å²) in [5.41, 5.74) is 0.678. The van der Waals surface area contributed by atoms with Crippen molar-refractivity contribution >= 4 is 29.5 Å². The number of likely N-dealkylation sites (N-methyl/N-ethyl adjacent to an activating group) is 1. The van der Waals surface area contributed by atoms with E-state index in [1.54, 1.807) is 43.3 Å². The van der Waals surface area contributed by atoms with Crippen LogP contribution < -0.4 is 4.90 Å². The first-order chi connectivity index (χ1) is 10.9. The minimum Gasteiger partial charge on any atom is -0.347 e. The Morgan fingerprint density at radius 3 is 2.43 bits per heavy atom. The summed E-state index contributed by atoms with van der Waals surface area (Å²) in [6, 6.07) is 7.00. The Morgan fingerprint density at radius 2 is 1.96 bits per heavy atom. The molecule has 1 aromatic carbocycles. The molecule has 0 bridgehead atoms. The van der Waals surface area contributed by atoms with Crippen LogP contribution in [-0.4, -0.2) is 66.9 Å². The fraction of sp³-hybridized carbons (Fsp3) is 0.500. The molecule has 1 aromatic rings. The highest BCUT2D eigenvalue weighted by Crippen LogP contribution is 2.24. The van der Waals surface area contributed by atoms with Crippen LogP contribution in [0.4, 0.5) is 5.69 Å². The van der Waals surface area contributed by atoms with Gasteiger partial charge in [-0.25, -0.2) is 0 Å². The maximum atomic E-state index is 12.9. The van der Waals surface area contributed by atoms with Crippen LogP contribution in [0, 0.1) is 5.92 Å². The van der Waals surface area contributed by atoms with Crippen molar-refractivity contribution in [3.8, 4) is 0 Å². The van der Waals surface area contributed by atoms with Crippen LogP contribution in [0.1, 0.15) is 6.42 Å². The van der Waals surface area contributed by atoms with E-state index in [1.807, 2.05) is 7.05 Å². The number of amides is 2. The first kappa shape index (κ1) is 17.8. The van der Waals surface area contributed by atoms with Gasteiger partial charge in [-0.05, 0) is 44.3 Å². The van der Waals surface area contributed by atoms with E-state index < -0.39 is 0 Å². The molecule has 1 fully saturated rings. The van der Waals surface area contributed by atoms with Gasteiger partial charge in [0.25, 0.3) is 0 Å². The minimum atomic E-state index is -0.120. The Hall–Kier alpha value is -1.57. The van der Waals surface area contributed by atoms with Gasteiger partial charge in [-0.3, -0.25) is 9.59 Å². The van der Waals surface area contributed by atoms with Crippen molar-refractivity contribution in [1.29, 1.82) is 0 Å². The van der Waals surface area contributed by atoms with Gasteiger partial charge in [-0.15, -0.1) is 0 Å².